The number of primary amides is 1. The molecular formula is C90H121F34N15O8. The van der Waals surface area contributed by atoms with Gasteiger partial charge in [-0.05, 0) is 165 Å². The average molecular weight is 2190 g/mol. The predicted octanol–water partition coefficient (Wildman–Crippen LogP) is 18.3. The van der Waals surface area contributed by atoms with Crippen molar-refractivity contribution >= 4 is 58.0 Å². The summed E-state index contributed by atoms with van der Waals surface area (Å²) in [5, 5.41) is 1.32. The zero-order chi connectivity index (χ0) is 112. The number of rotatable bonds is 71. The molecule has 0 saturated heterocycles. The molecule has 15 N–H and O–H groups in total. The van der Waals surface area contributed by atoms with E-state index in [2.05, 4.69) is 10.3 Å². The highest BCUT2D eigenvalue weighted by atomic mass is 19.4. The Balaban J connectivity index is 1.98. The summed E-state index contributed by atoms with van der Waals surface area (Å²) >= 11 is 0. The van der Waals surface area contributed by atoms with E-state index in [1.807, 2.05) is 0 Å². The van der Waals surface area contributed by atoms with Crippen LogP contribution in [0.15, 0.2) is 70.1 Å². The number of hydrogen-bond donors (Lipinski definition) is 8. The van der Waals surface area contributed by atoms with Crippen molar-refractivity contribution < 1.29 is 187 Å². The minimum absolute atomic E-state index is 0.0134. The van der Waals surface area contributed by atoms with Gasteiger partial charge in [0.1, 0.15) is 17.9 Å². The van der Waals surface area contributed by atoms with E-state index < -0.39 is 237 Å². The van der Waals surface area contributed by atoms with Gasteiger partial charge in [-0.3, -0.25) is 38.6 Å². The van der Waals surface area contributed by atoms with Gasteiger partial charge in [0.15, 0.2) is 0 Å². The first kappa shape index (κ1) is 130. The molecule has 0 radical (unpaired) electrons. The molecule has 0 atom stereocenters. The molecule has 2 aromatic carbocycles. The molecule has 1 aliphatic carbocycles. The third-order valence-electron chi connectivity index (χ3n) is 24.0. The molecule has 1 aliphatic heterocycles. The third-order valence-corrected chi connectivity index (χ3v) is 24.0. The second-order valence-corrected chi connectivity index (χ2v) is 35.2. The van der Waals surface area contributed by atoms with Crippen molar-refractivity contribution in [3.05, 3.63) is 71.6 Å². The molecule has 2 aliphatic rings. The van der Waals surface area contributed by atoms with Crippen molar-refractivity contribution in [1.29, 1.82) is 0 Å². The largest absolute Gasteiger partial charge is 0.460 e. The predicted molar refractivity (Wildman–Crippen MR) is 470 cm³/mol. The van der Waals surface area contributed by atoms with Crippen LogP contribution < -0.4 is 50.8 Å². The number of nitrogens with one attached hydrogen (secondary N) is 1. The molecule has 0 saturated carbocycles. The summed E-state index contributed by atoms with van der Waals surface area (Å²) in [4.78, 5) is 114. The topological polar surface area (TPSA) is 359 Å². The number of amides is 7. The molecule has 842 valence electrons. The van der Waals surface area contributed by atoms with Crippen LogP contribution in [-0.2, 0) is 28.8 Å². The normalized spacial score (nSPS) is 13.6. The summed E-state index contributed by atoms with van der Waals surface area (Å²) in [6.45, 7) is -5.63. The number of carbonyl (C=O) groups excluding carboxylic acids is 7. The van der Waals surface area contributed by atoms with Gasteiger partial charge in [-0.2, -0.15) is 149 Å². The number of benzene rings is 3. The van der Waals surface area contributed by atoms with Gasteiger partial charge < -0.3 is 79.3 Å². The Morgan fingerprint density at radius 1 is 0.299 bits per heavy atom. The van der Waals surface area contributed by atoms with Crippen LogP contribution in [0.3, 0.4) is 0 Å². The zero-order valence-electron chi connectivity index (χ0n) is 79.5. The van der Waals surface area contributed by atoms with E-state index in [0.717, 1.165) is 52.6 Å². The number of nitrogens with two attached hydrogens (primary N) is 7. The quantitative estimate of drug-likeness (QED) is 0.0116. The third kappa shape index (κ3) is 31.7. The van der Waals surface area contributed by atoms with Crippen LogP contribution in [0, 0.1) is 0 Å². The van der Waals surface area contributed by atoms with Crippen molar-refractivity contribution in [2.75, 3.05) is 136 Å². The maximum absolute atomic E-state index is 15.9. The lowest BCUT2D eigenvalue weighted by Crippen LogP contribution is -2.74. The standard InChI is InChI=1S/C90H121F34N15O8/c91-75(92,77(95,96)79(99,100)81(103,104)83(107,108)85(111,112)87(115,116)89(119,120)121)35-27-43-132-59-31-33-63-65(51-59)147-66-52-60(133-44-28-36-76(93,94)78(97,98)80(101,102)82(105,106)84(109,110)86(113,114)88(117,118)90(122,123)124)32-34-64(66)73(63)61-29-13-14-30-62(61)74(146)139(50-26-12-6-20-42-130)58-72(145)138(49-25-11-5-19-41-129)57-71(144)137(48-24-10-4-18-40-128)56-70(143)136(47-23-9-3-17-39-127)55-69(142)135(46-22-8-2-16-38-126)54-68(141)134(53-67(131)140)45-21-7-1-15-37-125/h13-14,29-34,51-52,132H,1-12,15-28,35-50,53-58,125-130H2,(H2,131,140). The SMILES string of the molecule is NCCCCCCN(CC(N)=O)C(=O)CN(CCCCCCN)C(=O)CN(CCCCCCN)C(=O)CN(CCCCCCN)C(=O)CN(CCCCCCN)C(=O)CN(CCCCCCN)C(=O)c1ccccc1-c1c2ccc(=NCCCC(F)(F)C(F)(F)C(F)(F)C(F)(F)C(F)(F)C(F)(F)C(F)(F)C(F)(F)F)cc-2oc2cc(NCCCC(F)(F)C(F)(F)C(F)(F)C(F)(F)C(F)(F)C(F)(F)C(F)(F)C(F)(F)F)ccc12. The molecule has 147 heavy (non-hydrogen) atoms. The van der Waals surface area contributed by atoms with Crippen molar-refractivity contribution in [2.24, 2.45) is 45.1 Å². The molecule has 1 heterocycles. The second kappa shape index (κ2) is 55.1. The zero-order valence-corrected chi connectivity index (χ0v) is 79.5. The van der Waals surface area contributed by atoms with Gasteiger partial charge in [0, 0.05) is 105 Å². The number of fused-ring (bicyclic) bond motifs is 2. The summed E-state index contributed by atoms with van der Waals surface area (Å²) in [6, 6.07) is 10.3. The highest BCUT2D eigenvalue weighted by molar-refractivity contribution is 6.10. The van der Waals surface area contributed by atoms with Crippen LogP contribution in [0.25, 0.3) is 33.4 Å². The molecule has 0 fully saturated rings. The van der Waals surface area contributed by atoms with E-state index in [9.17, 15) is 129 Å². The highest BCUT2D eigenvalue weighted by Gasteiger charge is 2.97. The van der Waals surface area contributed by atoms with Crippen LogP contribution >= 0.6 is 0 Å². The smallest absolute Gasteiger partial charge is 0.456 e. The number of alkyl halides is 34. The number of unbranched alkanes of at least 4 members (excludes halogenated alkanes) is 18. The van der Waals surface area contributed by atoms with Crippen LogP contribution in [0.5, 0.6) is 0 Å². The molecule has 0 bridgehead atoms. The van der Waals surface area contributed by atoms with E-state index in [0.29, 0.717) is 148 Å². The first-order chi connectivity index (χ1) is 68.0. The molecular weight excluding hydrogens is 2070 g/mol. The molecule has 2 aromatic rings. The first-order valence-electron chi connectivity index (χ1n) is 46.9. The molecule has 23 nitrogen and oxygen atoms in total. The minimum atomic E-state index is -8.94. The summed E-state index contributed by atoms with van der Waals surface area (Å²) in [5.41, 5.74) is 38.0. The number of halogens is 34. The lowest BCUT2D eigenvalue weighted by molar-refractivity contribution is -0.461. The number of carbonyl (C=O) groups is 7. The Morgan fingerprint density at radius 3 is 0.918 bits per heavy atom. The molecule has 0 unspecified atom stereocenters. The Labute approximate surface area is 822 Å². The van der Waals surface area contributed by atoms with Crippen LogP contribution in [0.4, 0.5) is 155 Å². The van der Waals surface area contributed by atoms with Gasteiger partial charge in [0.25, 0.3) is 5.91 Å². The van der Waals surface area contributed by atoms with Gasteiger partial charge in [-0.15, -0.1) is 0 Å². The molecule has 0 aromatic heterocycles. The van der Waals surface area contributed by atoms with Crippen LogP contribution in [0.1, 0.15) is 190 Å². The highest BCUT2D eigenvalue weighted by Crippen LogP contribution is 2.67. The Hall–Kier alpha value is -9.40. The van der Waals surface area contributed by atoms with E-state index in [1.165, 1.54) is 43.9 Å². The van der Waals surface area contributed by atoms with Gasteiger partial charge in [0.2, 0.25) is 35.4 Å². The molecule has 57 heteroatoms. The van der Waals surface area contributed by atoms with Crippen LogP contribution in [-0.4, -0.2) is 297 Å². The lowest BCUT2D eigenvalue weighted by atomic mass is 9.88. The first-order valence-corrected chi connectivity index (χ1v) is 46.9. The van der Waals surface area contributed by atoms with E-state index in [1.54, 1.807) is 0 Å². The number of hydrogen-bond acceptors (Lipinski definition) is 16. The molecule has 0 spiro atoms. The van der Waals surface area contributed by atoms with Crippen molar-refractivity contribution in [3.8, 4) is 22.5 Å². The fourth-order valence-electron chi connectivity index (χ4n) is 15.2. The number of nitrogens with zero attached hydrogens (tertiary/aromatic N) is 7. The van der Waals surface area contributed by atoms with Gasteiger partial charge in [0.05, 0.1) is 38.1 Å². The summed E-state index contributed by atoms with van der Waals surface area (Å²) in [5.74, 6) is -124. The summed E-state index contributed by atoms with van der Waals surface area (Å²) in [6.07, 6.45) is -14.2. The Kier molecular flexibility index (Phi) is 48.6. The second-order valence-electron chi connectivity index (χ2n) is 35.2. The average Bonchev–Trinajstić information content (AvgIpc) is 0.696. The van der Waals surface area contributed by atoms with Crippen LogP contribution in [0.2, 0.25) is 0 Å². The van der Waals surface area contributed by atoms with E-state index >= 15 is 54.3 Å². The van der Waals surface area contributed by atoms with Gasteiger partial charge >= 0.3 is 95.3 Å². The van der Waals surface area contributed by atoms with E-state index in [4.69, 9.17) is 44.6 Å². The van der Waals surface area contributed by atoms with Crippen molar-refractivity contribution in [2.45, 2.75) is 275 Å². The Morgan fingerprint density at radius 2 is 0.592 bits per heavy atom. The fourth-order valence-corrected chi connectivity index (χ4v) is 15.2. The molecule has 4 rings (SSSR count). The summed E-state index contributed by atoms with van der Waals surface area (Å²) in [7, 11) is 0. The maximum atomic E-state index is 15.9. The number of anilines is 1. The van der Waals surface area contributed by atoms with Crippen molar-refractivity contribution in [1.82, 2.24) is 29.4 Å². The van der Waals surface area contributed by atoms with Gasteiger partial charge in [-0.1, -0.05) is 95.2 Å². The lowest BCUT2D eigenvalue weighted by Gasteiger charge is -2.42. The monoisotopic (exact) mass is 2190 g/mol. The van der Waals surface area contributed by atoms with Gasteiger partial charge in [-0.25, -0.2) is 0 Å². The fraction of sp³-hybridized carbons (Fsp3) is 0.711. The minimum Gasteiger partial charge on any atom is -0.456 e. The van der Waals surface area contributed by atoms with E-state index in [-0.39, 0.29) is 106 Å². The molecule has 7 amide bonds. The van der Waals surface area contributed by atoms with Crippen molar-refractivity contribution in [3.63, 3.8) is 0 Å². The Bertz CT molecular complexity index is 4860. The summed E-state index contributed by atoms with van der Waals surface area (Å²) < 4.78 is 488. The maximum Gasteiger partial charge on any atom is 0.460 e.